The lowest BCUT2D eigenvalue weighted by Gasteiger charge is -2.20. The summed E-state index contributed by atoms with van der Waals surface area (Å²) in [6.07, 6.45) is 3.25. The molecule has 1 unspecified atom stereocenters. The molecule has 0 saturated heterocycles. The Kier molecular flexibility index (Phi) is 8.06. The zero-order valence-electron chi connectivity index (χ0n) is 18.4. The molecule has 170 valence electrons. The lowest BCUT2D eigenvalue weighted by atomic mass is 10.0. The standard InChI is InChI=1S/C25H26N3O4P/c1-32-25(30)28(14-15-33(2)31)17-18-8-10-20(11-9-18)24(29)27-23-16-21(12-13-22(23)26)19-6-4-3-5-7-19/h3-13,16H,2,14-15,17,26H2,1H3,(H,27,29). The summed E-state index contributed by atoms with van der Waals surface area (Å²) in [5.41, 5.74) is 10.3. The zero-order chi connectivity index (χ0) is 23.8. The highest BCUT2D eigenvalue weighted by atomic mass is 31.1. The van der Waals surface area contributed by atoms with Gasteiger partial charge in [-0.05, 0) is 47.3 Å². The highest BCUT2D eigenvalue weighted by Gasteiger charge is 2.15. The Morgan fingerprint density at radius 3 is 2.36 bits per heavy atom. The molecule has 3 aromatic rings. The van der Waals surface area contributed by atoms with Crippen LogP contribution in [-0.4, -0.2) is 43.0 Å². The van der Waals surface area contributed by atoms with Crippen LogP contribution in [0.5, 0.6) is 0 Å². The topological polar surface area (TPSA) is 102 Å². The van der Waals surface area contributed by atoms with Crippen molar-refractivity contribution >= 4 is 37.1 Å². The number of ether oxygens (including phenoxy) is 1. The fourth-order valence-electron chi connectivity index (χ4n) is 3.25. The molecule has 0 aromatic heterocycles. The maximum Gasteiger partial charge on any atom is 0.409 e. The predicted octanol–water partition coefficient (Wildman–Crippen LogP) is 5.02. The van der Waals surface area contributed by atoms with Gasteiger partial charge in [0.1, 0.15) is 0 Å². The largest absolute Gasteiger partial charge is 0.453 e. The van der Waals surface area contributed by atoms with Crippen molar-refractivity contribution in [2.75, 3.05) is 30.9 Å². The van der Waals surface area contributed by atoms with E-state index in [1.165, 1.54) is 12.0 Å². The third-order valence-corrected chi connectivity index (χ3v) is 5.75. The lowest BCUT2D eigenvalue weighted by molar-refractivity contribution is 0.102. The molecule has 33 heavy (non-hydrogen) atoms. The third kappa shape index (κ3) is 6.57. The minimum absolute atomic E-state index is 0.268. The Balaban J connectivity index is 1.71. The molecule has 2 amide bonds. The van der Waals surface area contributed by atoms with Crippen LogP contribution in [0.2, 0.25) is 0 Å². The summed E-state index contributed by atoms with van der Waals surface area (Å²) in [4.78, 5) is 26.2. The molecule has 0 aliphatic heterocycles. The van der Waals surface area contributed by atoms with Crippen molar-refractivity contribution < 1.29 is 18.9 Å². The molecular weight excluding hydrogens is 437 g/mol. The van der Waals surface area contributed by atoms with E-state index in [-0.39, 0.29) is 25.2 Å². The van der Waals surface area contributed by atoms with Crippen LogP contribution in [0.4, 0.5) is 16.2 Å². The number of benzene rings is 3. The van der Waals surface area contributed by atoms with Gasteiger partial charge in [-0.2, -0.15) is 0 Å². The van der Waals surface area contributed by atoms with Gasteiger partial charge >= 0.3 is 6.09 Å². The summed E-state index contributed by atoms with van der Waals surface area (Å²) < 4.78 is 16.1. The Hall–Kier alpha value is -3.83. The first kappa shape index (κ1) is 23.8. The van der Waals surface area contributed by atoms with E-state index in [4.69, 9.17) is 10.5 Å². The number of nitrogen functional groups attached to an aromatic ring is 1. The van der Waals surface area contributed by atoms with Crippen LogP contribution in [0.3, 0.4) is 0 Å². The van der Waals surface area contributed by atoms with Gasteiger partial charge in [0.15, 0.2) is 0 Å². The van der Waals surface area contributed by atoms with Crippen LogP contribution in [0.25, 0.3) is 11.1 Å². The summed E-state index contributed by atoms with van der Waals surface area (Å²) >= 11 is 0. The molecule has 3 aromatic carbocycles. The van der Waals surface area contributed by atoms with Crippen molar-refractivity contribution in [3.8, 4) is 11.1 Å². The number of carbonyl (C=O) groups is 2. The van der Waals surface area contributed by atoms with Crippen LogP contribution in [-0.2, 0) is 15.8 Å². The van der Waals surface area contributed by atoms with Gasteiger partial charge in [0.2, 0.25) is 0 Å². The average Bonchev–Trinajstić information content (AvgIpc) is 2.83. The molecule has 0 bridgehead atoms. The fourth-order valence-corrected chi connectivity index (χ4v) is 3.71. The Bertz CT molecular complexity index is 1180. The highest BCUT2D eigenvalue weighted by molar-refractivity contribution is 7.43. The molecule has 0 saturated carbocycles. The normalized spacial score (nSPS) is 10.9. The first-order chi connectivity index (χ1) is 15.9. The number of nitrogens with one attached hydrogen (secondary N) is 1. The first-order valence-corrected chi connectivity index (χ1v) is 11.9. The average molecular weight is 463 g/mol. The Morgan fingerprint density at radius 2 is 1.73 bits per heavy atom. The van der Waals surface area contributed by atoms with Crippen molar-refractivity contribution in [1.29, 1.82) is 0 Å². The summed E-state index contributed by atoms with van der Waals surface area (Å²) in [7, 11) is -0.311. The van der Waals surface area contributed by atoms with Gasteiger partial charge in [-0.3, -0.25) is 9.36 Å². The van der Waals surface area contributed by atoms with Crippen molar-refractivity contribution in [2.24, 2.45) is 0 Å². The number of rotatable bonds is 8. The lowest BCUT2D eigenvalue weighted by Crippen LogP contribution is -2.32. The minimum atomic E-state index is -1.61. The number of methoxy groups -OCH3 is 1. The van der Waals surface area contributed by atoms with E-state index in [0.29, 0.717) is 16.9 Å². The molecule has 0 aliphatic rings. The molecule has 0 spiro atoms. The third-order valence-electron chi connectivity index (χ3n) is 5.05. The molecule has 1 atom stereocenters. The molecule has 3 rings (SSSR count). The molecular formula is C25H26N3O4P. The van der Waals surface area contributed by atoms with E-state index in [0.717, 1.165) is 16.7 Å². The SMILES string of the molecule is C=P(=O)CCN(Cc1ccc(C(=O)Nc2cc(-c3ccccc3)ccc2N)cc1)C(=O)OC. The molecule has 3 N–H and O–H groups in total. The van der Waals surface area contributed by atoms with E-state index >= 15 is 0 Å². The Labute approximate surface area is 193 Å². The van der Waals surface area contributed by atoms with E-state index < -0.39 is 13.5 Å². The second-order valence-electron chi connectivity index (χ2n) is 7.42. The van der Waals surface area contributed by atoms with Gasteiger partial charge in [-0.25, -0.2) is 4.79 Å². The zero-order valence-corrected chi connectivity index (χ0v) is 19.3. The van der Waals surface area contributed by atoms with E-state index in [9.17, 15) is 14.2 Å². The van der Waals surface area contributed by atoms with Crippen LogP contribution in [0, 0.1) is 0 Å². The second-order valence-corrected chi connectivity index (χ2v) is 8.83. The minimum Gasteiger partial charge on any atom is -0.453 e. The highest BCUT2D eigenvalue weighted by Crippen LogP contribution is 2.27. The fraction of sp³-hybridized carbons (Fsp3) is 0.160. The first-order valence-electron chi connectivity index (χ1n) is 10.3. The van der Waals surface area contributed by atoms with Gasteiger partial charge in [0.25, 0.3) is 5.91 Å². The van der Waals surface area contributed by atoms with Gasteiger partial charge in [0, 0.05) is 24.8 Å². The maximum absolute atomic E-state index is 12.8. The molecule has 0 aliphatic carbocycles. The number of nitrogens with two attached hydrogens (primary N) is 1. The summed E-state index contributed by atoms with van der Waals surface area (Å²) in [5.74, 6) is -0.294. The number of amides is 2. The van der Waals surface area contributed by atoms with Gasteiger partial charge in [-0.15, -0.1) is 0 Å². The molecule has 7 nitrogen and oxygen atoms in total. The second kappa shape index (κ2) is 11.2. The van der Waals surface area contributed by atoms with Crippen LogP contribution in [0.1, 0.15) is 15.9 Å². The molecule has 0 fully saturated rings. The van der Waals surface area contributed by atoms with E-state index in [1.54, 1.807) is 30.3 Å². The number of nitrogens with zero attached hydrogens (tertiary/aromatic N) is 1. The summed E-state index contributed by atoms with van der Waals surface area (Å²) in [6.45, 7) is 0.536. The number of hydrogen-bond acceptors (Lipinski definition) is 5. The van der Waals surface area contributed by atoms with Crippen LogP contribution >= 0.6 is 7.42 Å². The van der Waals surface area contributed by atoms with Crippen LogP contribution in [0.15, 0.2) is 72.8 Å². The van der Waals surface area contributed by atoms with Gasteiger partial charge < -0.3 is 20.7 Å². The monoisotopic (exact) mass is 463 g/mol. The quantitative estimate of drug-likeness (QED) is 0.361. The predicted molar refractivity (Wildman–Crippen MR) is 133 cm³/mol. The Morgan fingerprint density at radius 1 is 1.03 bits per heavy atom. The van der Waals surface area contributed by atoms with Crippen molar-refractivity contribution in [1.82, 2.24) is 4.90 Å². The number of carbonyl (C=O) groups excluding carboxylic acids is 2. The van der Waals surface area contributed by atoms with Crippen molar-refractivity contribution in [2.45, 2.75) is 6.54 Å². The number of hydrogen-bond donors (Lipinski definition) is 2. The molecule has 8 heteroatoms. The summed E-state index contributed by atoms with van der Waals surface area (Å²) in [6, 6.07) is 22.2. The van der Waals surface area contributed by atoms with Crippen molar-refractivity contribution in [3.63, 3.8) is 0 Å². The van der Waals surface area contributed by atoms with E-state index in [1.807, 2.05) is 42.5 Å². The van der Waals surface area contributed by atoms with E-state index in [2.05, 4.69) is 11.6 Å². The van der Waals surface area contributed by atoms with Gasteiger partial charge in [-0.1, -0.05) is 48.5 Å². The van der Waals surface area contributed by atoms with Crippen LogP contribution < -0.4 is 11.1 Å². The smallest absolute Gasteiger partial charge is 0.409 e. The van der Waals surface area contributed by atoms with Crippen molar-refractivity contribution in [3.05, 3.63) is 83.9 Å². The maximum atomic E-state index is 12.8. The summed E-state index contributed by atoms with van der Waals surface area (Å²) in [5, 5.41) is 2.87. The molecule has 0 radical (unpaired) electrons. The molecule has 0 heterocycles. The number of anilines is 2. The van der Waals surface area contributed by atoms with Gasteiger partial charge in [0.05, 0.1) is 25.9 Å².